The highest BCUT2D eigenvalue weighted by Gasteiger charge is 2.38. The second-order valence-electron chi connectivity index (χ2n) is 23.7. The molecule has 4 aromatic heterocycles. The van der Waals surface area contributed by atoms with Gasteiger partial charge in [-0.2, -0.15) is 0 Å². The van der Waals surface area contributed by atoms with Crippen LogP contribution in [0.5, 0.6) is 34.8 Å². The van der Waals surface area contributed by atoms with Gasteiger partial charge in [0.25, 0.3) is 0 Å². The number of benzene rings is 4. The minimum Gasteiger partial charge on any atom is -0.494 e. The van der Waals surface area contributed by atoms with Crippen LogP contribution in [0.4, 0.5) is 11.9 Å². The van der Waals surface area contributed by atoms with Crippen LogP contribution in [-0.2, 0) is 39.7 Å². The number of methoxy groups -OCH3 is 6. The number of halogens is 2. The summed E-state index contributed by atoms with van der Waals surface area (Å²) >= 11 is 12.1. The average Bonchev–Trinajstić information content (AvgIpc) is 1.53. The third kappa shape index (κ3) is 17.7. The second kappa shape index (κ2) is 30.1. The number of anilines is 2. The summed E-state index contributed by atoms with van der Waals surface area (Å²) in [6, 6.07) is 29.0. The van der Waals surface area contributed by atoms with Gasteiger partial charge in [-0.15, -0.1) is 20.4 Å². The van der Waals surface area contributed by atoms with E-state index in [0.29, 0.717) is 69.6 Å². The molecule has 4 heterocycles. The number of pyridine rings is 2. The number of aliphatic hydroxyl groups is 2. The van der Waals surface area contributed by atoms with E-state index in [-0.39, 0.29) is 67.6 Å². The zero-order valence-corrected chi connectivity index (χ0v) is 61.0. The van der Waals surface area contributed by atoms with Gasteiger partial charge in [-0.05, 0) is 72.8 Å². The fourth-order valence-corrected chi connectivity index (χ4v) is 17.1. The van der Waals surface area contributed by atoms with Crippen LogP contribution in [0.1, 0.15) is 23.3 Å². The van der Waals surface area contributed by atoms with Crippen molar-refractivity contribution in [2.45, 2.75) is 73.4 Å². The number of rotatable bonds is 28. The summed E-state index contributed by atoms with van der Waals surface area (Å²) in [4.78, 5) is 8.48. The quantitative estimate of drug-likeness (QED) is 0.0431. The van der Waals surface area contributed by atoms with E-state index in [1.807, 2.05) is 0 Å². The molecule has 0 radical (unpaired) electrons. The van der Waals surface area contributed by atoms with E-state index >= 15 is 0 Å². The van der Waals surface area contributed by atoms with Crippen molar-refractivity contribution in [3.8, 4) is 69.2 Å². The molecule has 0 bridgehead atoms. The van der Waals surface area contributed by atoms with Crippen molar-refractivity contribution in [3.63, 3.8) is 0 Å². The van der Waals surface area contributed by atoms with Crippen LogP contribution in [0, 0.1) is 0 Å². The molecule has 34 heteroatoms. The summed E-state index contributed by atoms with van der Waals surface area (Å²) < 4.78 is 147. The van der Waals surface area contributed by atoms with E-state index in [4.69, 9.17) is 51.6 Å². The minimum absolute atomic E-state index is 0.00847. The molecule has 0 aliphatic carbocycles. The standard InChI is InChI=1S/2C30H38ClN5O8S2Si/c2*1-42-24-11-9-12-25(43-2)28(24)36-29(22-10-8-13-27(32-22)44-3)33-34-30(36)35(16-17-47(5,6)7)46(40,41)19-23(37)21-15-14-20(31)18-26(21)45(4,38)39/h2*8-15,18,23,37H,16-17,19H2,1-7H3/t2*23-/m10/s1. The van der Waals surface area contributed by atoms with E-state index in [2.05, 4.69) is 69.6 Å². The summed E-state index contributed by atoms with van der Waals surface area (Å²) in [6.07, 6.45) is -1.54. The molecule has 0 aliphatic heterocycles. The van der Waals surface area contributed by atoms with Crippen LogP contribution in [0.3, 0.4) is 0 Å². The molecule has 8 rings (SSSR count). The van der Waals surface area contributed by atoms with E-state index < -0.39 is 79.6 Å². The van der Waals surface area contributed by atoms with Gasteiger partial charge in [-0.3, -0.25) is 9.13 Å². The first-order valence-electron chi connectivity index (χ1n) is 28.7. The molecule has 8 aromatic rings. The molecule has 0 fully saturated rings. The van der Waals surface area contributed by atoms with E-state index in [9.17, 15) is 43.9 Å². The molecule has 0 unspecified atom stereocenters. The van der Waals surface area contributed by atoms with Gasteiger partial charge in [-0.1, -0.05) is 98.9 Å². The van der Waals surface area contributed by atoms with Crippen molar-refractivity contribution < 1.29 is 72.3 Å². The van der Waals surface area contributed by atoms with Crippen molar-refractivity contribution in [3.05, 3.63) is 130 Å². The molecule has 26 nitrogen and oxygen atoms in total. The molecule has 4 aromatic carbocycles. The molecule has 0 saturated heterocycles. The Morgan fingerprint density at radius 1 is 0.468 bits per heavy atom. The van der Waals surface area contributed by atoms with Crippen molar-refractivity contribution in [1.29, 1.82) is 0 Å². The molecular formula is C60H76Cl2N10O16S4Si2. The number of para-hydroxylation sites is 2. The maximum absolute atomic E-state index is 14.4. The lowest BCUT2D eigenvalue weighted by atomic mass is 10.1. The van der Waals surface area contributed by atoms with Gasteiger partial charge in [0.2, 0.25) is 43.7 Å². The summed E-state index contributed by atoms with van der Waals surface area (Å²) in [5.74, 6) is 0.258. The van der Waals surface area contributed by atoms with E-state index in [1.165, 1.54) is 88.2 Å². The zero-order chi connectivity index (χ0) is 69.5. The van der Waals surface area contributed by atoms with Crippen molar-refractivity contribution in [2.24, 2.45) is 0 Å². The lowest BCUT2D eigenvalue weighted by molar-refractivity contribution is 0.198. The van der Waals surface area contributed by atoms with Gasteiger partial charge < -0.3 is 38.6 Å². The number of hydrogen-bond donors (Lipinski definition) is 2. The van der Waals surface area contributed by atoms with E-state index in [1.54, 1.807) is 72.8 Å². The molecule has 0 aliphatic rings. The highest BCUT2D eigenvalue weighted by atomic mass is 35.5. The predicted molar refractivity (Wildman–Crippen MR) is 366 cm³/mol. The van der Waals surface area contributed by atoms with Crippen molar-refractivity contribution in [1.82, 2.24) is 39.5 Å². The average molecular weight is 1450 g/mol. The summed E-state index contributed by atoms with van der Waals surface area (Å²) in [5, 5.41) is 40.4. The normalized spacial score (nSPS) is 12.9. The topological polar surface area (TPSA) is 326 Å². The number of nitrogens with zero attached hydrogens (tertiary/aromatic N) is 10. The predicted octanol–water partition coefficient (Wildman–Crippen LogP) is 9.24. The lowest BCUT2D eigenvalue weighted by Gasteiger charge is -2.28. The number of aliphatic hydroxyl groups excluding tert-OH is 2. The first kappa shape index (κ1) is 74.0. The third-order valence-corrected chi connectivity index (χ3v) is 24.1. The van der Waals surface area contributed by atoms with Crippen LogP contribution < -0.4 is 37.0 Å². The highest BCUT2D eigenvalue weighted by Crippen LogP contribution is 2.42. The SMILES string of the molecule is COc1cccc(-c2nnc(N(CC[Si](C)(C)C)S(=O)(=O)C[C@@H](O)c3ccc(Cl)cc3S(C)(=O)=O)n2-c2c(OC)cccc2OC)n1.COc1cccc(-c2nnc(N(CC[Si](C)(C)C)S(=O)(=O)C[C@H](O)c3ccc(Cl)cc3S(C)(=O)=O)n2-c2c(OC)cccc2OC)n1. The maximum atomic E-state index is 14.4. The van der Waals surface area contributed by atoms with Gasteiger partial charge in [0.05, 0.1) is 76.2 Å². The molecule has 0 saturated carbocycles. The van der Waals surface area contributed by atoms with Crippen LogP contribution in [0.2, 0.25) is 61.4 Å². The zero-order valence-electron chi connectivity index (χ0n) is 54.3. The number of aromatic nitrogens is 8. The Labute approximate surface area is 560 Å². The van der Waals surface area contributed by atoms with E-state index in [0.717, 1.165) is 21.1 Å². The van der Waals surface area contributed by atoms with Gasteiger partial charge in [0.15, 0.2) is 31.3 Å². The molecule has 94 heavy (non-hydrogen) atoms. The molecule has 508 valence electrons. The maximum Gasteiger partial charge on any atom is 0.246 e. The number of sulfonamides is 2. The Balaban J connectivity index is 0.000000266. The first-order chi connectivity index (χ1) is 44.0. The number of sulfone groups is 2. The Bertz CT molecular complexity index is 4170. The Morgan fingerprint density at radius 2 is 0.787 bits per heavy atom. The summed E-state index contributed by atoms with van der Waals surface area (Å²) in [6.45, 7) is 12.6. The van der Waals surface area contributed by atoms with Crippen molar-refractivity contribution in [2.75, 3.05) is 88.4 Å². The fraction of sp³-hybridized carbons (Fsp3) is 0.367. The Morgan fingerprint density at radius 3 is 1.07 bits per heavy atom. The van der Waals surface area contributed by atoms with Crippen LogP contribution in [0.15, 0.2) is 119 Å². The second-order valence-corrected chi connectivity index (χ2v) is 43.7. The van der Waals surface area contributed by atoms with Crippen LogP contribution in [0.25, 0.3) is 34.4 Å². The minimum atomic E-state index is -4.44. The smallest absolute Gasteiger partial charge is 0.246 e. The van der Waals surface area contributed by atoms with Gasteiger partial charge >= 0.3 is 0 Å². The fourth-order valence-electron chi connectivity index (χ4n) is 9.60. The molecule has 0 spiro atoms. The summed E-state index contributed by atoms with van der Waals surface area (Å²) in [5.41, 5.74) is 1.06. The highest BCUT2D eigenvalue weighted by molar-refractivity contribution is 7.93. The number of hydrogen-bond acceptors (Lipinski definition) is 22. The van der Waals surface area contributed by atoms with Crippen molar-refractivity contribution >= 4 is 91.0 Å². The Kier molecular flexibility index (Phi) is 23.7. The molecule has 2 N–H and O–H groups in total. The van der Waals surface area contributed by atoms with Gasteiger partial charge in [0.1, 0.15) is 45.8 Å². The number of ether oxygens (including phenoxy) is 6. The summed E-state index contributed by atoms with van der Waals surface area (Å²) in [7, 11) is -11.6. The molecular weight excluding hydrogens is 1370 g/mol. The largest absolute Gasteiger partial charge is 0.494 e. The third-order valence-electron chi connectivity index (χ3n) is 14.3. The van der Waals surface area contributed by atoms with Gasteiger partial charge in [-0.25, -0.2) is 52.2 Å². The molecule has 0 amide bonds. The Hall–Kier alpha value is -7.41. The van der Waals surface area contributed by atoms with Crippen LogP contribution >= 0.6 is 23.2 Å². The van der Waals surface area contributed by atoms with Crippen LogP contribution in [-0.4, -0.2) is 179 Å². The lowest BCUT2D eigenvalue weighted by Crippen LogP contribution is -2.40. The first-order valence-corrected chi connectivity index (χ1v) is 43.9. The van der Waals surface area contributed by atoms with Gasteiger partial charge in [0, 0.05) is 75.1 Å². The molecule has 2 atom stereocenters. The monoisotopic (exact) mass is 1450 g/mol.